The largest absolute Gasteiger partial charge is 0.417 e. The van der Waals surface area contributed by atoms with Crippen LogP contribution < -0.4 is 5.73 Å². The van der Waals surface area contributed by atoms with Crippen LogP contribution in [0.25, 0.3) is 5.70 Å². The number of halogens is 4. The quantitative estimate of drug-likeness (QED) is 0.684. The fourth-order valence-corrected chi connectivity index (χ4v) is 3.95. The molecule has 1 aromatic heterocycles. The highest BCUT2D eigenvalue weighted by Crippen LogP contribution is 2.40. The molecule has 31 heavy (non-hydrogen) atoms. The van der Waals surface area contributed by atoms with Crippen molar-refractivity contribution in [2.24, 2.45) is 5.73 Å². The molecule has 3 N–H and O–H groups in total. The lowest BCUT2D eigenvalue weighted by atomic mass is 9.99. The minimum atomic E-state index is -4.65. The molecular weight excluding hydrogens is 431 g/mol. The zero-order valence-corrected chi connectivity index (χ0v) is 17.1. The standard InChI is InChI=1S/C21H19ClF3N5O/c22-17-13(2-1-3-14(17)21(23,24)25)20(31)30-9-7-12-16(10-30)28-19(11-4-5-11)29-18(12)15(27)6-8-26/h1-3,6,8,11,26H,4-5,7,9-10,27H2/b15-6-,26-8?. The van der Waals surface area contributed by atoms with Gasteiger partial charge in [0.2, 0.25) is 0 Å². The summed E-state index contributed by atoms with van der Waals surface area (Å²) in [5.41, 5.74) is 7.17. The monoisotopic (exact) mass is 449 g/mol. The van der Waals surface area contributed by atoms with E-state index in [1.165, 1.54) is 23.1 Å². The van der Waals surface area contributed by atoms with Crippen LogP contribution in [0.15, 0.2) is 24.3 Å². The summed E-state index contributed by atoms with van der Waals surface area (Å²) in [6, 6.07) is 3.32. The Bertz CT molecular complexity index is 1100. The van der Waals surface area contributed by atoms with Crippen LogP contribution >= 0.6 is 11.6 Å². The Kier molecular flexibility index (Phi) is 5.47. The average molecular weight is 450 g/mol. The highest BCUT2D eigenvalue weighted by atomic mass is 35.5. The molecule has 1 saturated carbocycles. The third-order valence-electron chi connectivity index (χ3n) is 5.38. The van der Waals surface area contributed by atoms with Crippen molar-refractivity contribution in [2.45, 2.75) is 37.9 Å². The molecule has 6 nitrogen and oxygen atoms in total. The third-order valence-corrected chi connectivity index (χ3v) is 5.79. The summed E-state index contributed by atoms with van der Waals surface area (Å²) < 4.78 is 39.5. The number of allylic oxidation sites excluding steroid dienone is 1. The number of carbonyl (C=O) groups is 1. The van der Waals surface area contributed by atoms with E-state index >= 15 is 0 Å². The number of hydrogen-bond donors (Lipinski definition) is 2. The lowest BCUT2D eigenvalue weighted by molar-refractivity contribution is -0.137. The molecule has 0 radical (unpaired) electrons. The molecule has 4 rings (SSSR count). The van der Waals surface area contributed by atoms with Gasteiger partial charge in [0.25, 0.3) is 5.91 Å². The van der Waals surface area contributed by atoms with Crippen molar-refractivity contribution in [3.05, 3.63) is 63.2 Å². The molecule has 10 heteroatoms. The predicted octanol–water partition coefficient (Wildman–Crippen LogP) is 4.17. The van der Waals surface area contributed by atoms with Gasteiger partial charge < -0.3 is 16.0 Å². The van der Waals surface area contributed by atoms with Gasteiger partial charge in [-0.1, -0.05) is 17.7 Å². The number of nitrogens with zero attached hydrogens (tertiary/aromatic N) is 3. The van der Waals surface area contributed by atoms with Crippen LogP contribution in [0.4, 0.5) is 13.2 Å². The Balaban J connectivity index is 1.69. The second-order valence-electron chi connectivity index (χ2n) is 7.56. The van der Waals surface area contributed by atoms with Gasteiger partial charge in [-0.15, -0.1) is 0 Å². The number of benzene rings is 1. The van der Waals surface area contributed by atoms with Crippen molar-refractivity contribution in [3.63, 3.8) is 0 Å². The molecule has 0 spiro atoms. The molecule has 0 unspecified atom stereocenters. The Morgan fingerprint density at radius 3 is 2.68 bits per heavy atom. The van der Waals surface area contributed by atoms with Gasteiger partial charge >= 0.3 is 6.18 Å². The van der Waals surface area contributed by atoms with Crippen molar-refractivity contribution in [1.82, 2.24) is 14.9 Å². The van der Waals surface area contributed by atoms with Crippen LogP contribution in [-0.4, -0.2) is 33.5 Å². The zero-order valence-electron chi connectivity index (χ0n) is 16.3. The number of nitrogens with one attached hydrogen (secondary N) is 1. The highest BCUT2D eigenvalue weighted by molar-refractivity contribution is 6.34. The SMILES string of the molecule is N=C/C=C(\N)c1nc(C2CC2)nc2c1CCN(C(=O)c1cccc(C(F)(F)F)c1Cl)C2. The molecule has 1 aliphatic carbocycles. The summed E-state index contributed by atoms with van der Waals surface area (Å²) in [6.45, 7) is 0.378. The van der Waals surface area contributed by atoms with Crippen molar-refractivity contribution in [1.29, 1.82) is 5.41 Å². The maximum Gasteiger partial charge on any atom is 0.417 e. The van der Waals surface area contributed by atoms with Crippen molar-refractivity contribution in [3.8, 4) is 0 Å². The molecule has 1 aliphatic heterocycles. The van der Waals surface area contributed by atoms with Crippen LogP contribution in [0, 0.1) is 5.41 Å². The van der Waals surface area contributed by atoms with Crippen LogP contribution in [0.2, 0.25) is 5.02 Å². The number of amides is 1. The van der Waals surface area contributed by atoms with Crippen molar-refractivity contribution >= 4 is 29.4 Å². The highest BCUT2D eigenvalue weighted by Gasteiger charge is 2.36. The molecular formula is C21H19ClF3N5O. The van der Waals surface area contributed by atoms with Gasteiger partial charge in [0.1, 0.15) is 5.82 Å². The van der Waals surface area contributed by atoms with E-state index in [0.717, 1.165) is 30.7 Å². The van der Waals surface area contributed by atoms with Crippen LogP contribution in [-0.2, 0) is 19.1 Å². The fourth-order valence-electron chi connectivity index (χ4n) is 3.64. The molecule has 2 heterocycles. The molecule has 0 atom stereocenters. The zero-order chi connectivity index (χ0) is 22.3. The van der Waals surface area contributed by atoms with Crippen LogP contribution in [0.1, 0.15) is 57.5 Å². The first-order valence-corrected chi connectivity index (χ1v) is 10.1. The molecule has 2 aromatic rings. The van der Waals surface area contributed by atoms with E-state index in [0.29, 0.717) is 29.3 Å². The predicted molar refractivity (Wildman–Crippen MR) is 110 cm³/mol. The molecule has 0 saturated heterocycles. The van der Waals surface area contributed by atoms with Gasteiger partial charge in [0.15, 0.2) is 0 Å². The maximum absolute atomic E-state index is 13.2. The van der Waals surface area contributed by atoms with Crippen molar-refractivity contribution < 1.29 is 18.0 Å². The number of rotatable bonds is 4. The molecule has 1 aromatic carbocycles. The lowest BCUT2D eigenvalue weighted by Gasteiger charge is -2.30. The maximum atomic E-state index is 13.2. The summed E-state index contributed by atoms with van der Waals surface area (Å²) >= 11 is 5.95. The summed E-state index contributed by atoms with van der Waals surface area (Å²) in [7, 11) is 0. The van der Waals surface area contributed by atoms with E-state index in [1.807, 2.05) is 0 Å². The fraction of sp³-hybridized carbons (Fsp3) is 0.333. The summed E-state index contributed by atoms with van der Waals surface area (Å²) in [6.07, 6.45) is 0.199. The second kappa shape index (κ2) is 7.96. The molecule has 162 valence electrons. The first-order chi connectivity index (χ1) is 14.7. The van der Waals surface area contributed by atoms with Gasteiger partial charge in [0, 0.05) is 24.2 Å². The minimum Gasteiger partial charge on any atom is -0.397 e. The van der Waals surface area contributed by atoms with Crippen molar-refractivity contribution in [2.75, 3.05) is 6.54 Å². The average Bonchev–Trinajstić information content (AvgIpc) is 3.57. The van der Waals surface area contributed by atoms with Gasteiger partial charge in [-0.2, -0.15) is 13.2 Å². The normalized spacial score (nSPS) is 16.8. The van der Waals surface area contributed by atoms with Gasteiger partial charge in [-0.25, -0.2) is 9.97 Å². The number of nitrogens with two attached hydrogens (primary N) is 1. The first-order valence-electron chi connectivity index (χ1n) is 9.72. The van der Waals surface area contributed by atoms with Crippen LogP contribution in [0.5, 0.6) is 0 Å². The molecule has 2 aliphatic rings. The Labute approximate surface area is 181 Å². The van der Waals surface area contributed by atoms with E-state index in [2.05, 4.69) is 9.97 Å². The first kappa shape index (κ1) is 21.3. The Morgan fingerprint density at radius 1 is 1.29 bits per heavy atom. The Hall–Kier alpha value is -2.94. The summed E-state index contributed by atoms with van der Waals surface area (Å²) in [5.74, 6) is 0.292. The topological polar surface area (TPSA) is 96.0 Å². The molecule has 1 fully saturated rings. The number of carbonyl (C=O) groups excluding carboxylic acids is 1. The summed E-state index contributed by atoms with van der Waals surface area (Å²) in [5, 5.41) is 6.66. The van der Waals surface area contributed by atoms with E-state index in [4.69, 9.17) is 22.7 Å². The third kappa shape index (κ3) is 4.14. The summed E-state index contributed by atoms with van der Waals surface area (Å²) in [4.78, 5) is 23.7. The van der Waals surface area contributed by atoms with E-state index in [1.54, 1.807) is 0 Å². The second-order valence-corrected chi connectivity index (χ2v) is 7.94. The smallest absolute Gasteiger partial charge is 0.397 e. The van der Waals surface area contributed by atoms with Gasteiger partial charge in [-0.3, -0.25) is 4.79 Å². The molecule has 1 amide bonds. The van der Waals surface area contributed by atoms with Gasteiger partial charge in [0.05, 0.1) is 39.8 Å². The minimum absolute atomic E-state index is 0.119. The molecule has 0 bridgehead atoms. The number of alkyl halides is 3. The lowest BCUT2D eigenvalue weighted by Crippen LogP contribution is -2.37. The number of hydrogen-bond acceptors (Lipinski definition) is 5. The van der Waals surface area contributed by atoms with Crippen LogP contribution in [0.3, 0.4) is 0 Å². The Morgan fingerprint density at radius 2 is 2.03 bits per heavy atom. The van der Waals surface area contributed by atoms with E-state index < -0.39 is 22.7 Å². The van der Waals surface area contributed by atoms with E-state index in [-0.39, 0.29) is 24.6 Å². The van der Waals surface area contributed by atoms with E-state index in [9.17, 15) is 18.0 Å². The van der Waals surface area contributed by atoms with Gasteiger partial charge in [-0.05, 0) is 37.5 Å². The number of aromatic nitrogens is 2. The number of fused-ring (bicyclic) bond motifs is 1.